The summed E-state index contributed by atoms with van der Waals surface area (Å²) in [5, 5.41) is 5.98. The summed E-state index contributed by atoms with van der Waals surface area (Å²) < 4.78 is 46.0. The molecule has 7 nitrogen and oxygen atoms in total. The summed E-state index contributed by atoms with van der Waals surface area (Å²) in [6.07, 6.45) is 2.02. The number of aromatic nitrogens is 3. The molecule has 1 aliphatic rings. The number of carbonyl (C=O) groups excluding carboxylic acids is 1. The number of ether oxygens (including phenoxy) is 1. The van der Waals surface area contributed by atoms with Gasteiger partial charge >= 0.3 is 6.18 Å². The van der Waals surface area contributed by atoms with Crippen LogP contribution >= 0.6 is 0 Å². The maximum Gasteiger partial charge on any atom is 0.416 e. The molecule has 4 rings (SSSR count). The minimum Gasteiger partial charge on any atom is -0.491 e. The number of amides is 1. The Morgan fingerprint density at radius 1 is 1.21 bits per heavy atom. The van der Waals surface area contributed by atoms with Crippen LogP contribution in [0.4, 0.5) is 18.9 Å². The van der Waals surface area contributed by atoms with Gasteiger partial charge in [-0.05, 0) is 69.5 Å². The predicted octanol–water partition coefficient (Wildman–Crippen LogP) is 4.49. The van der Waals surface area contributed by atoms with Crippen molar-refractivity contribution in [1.82, 2.24) is 19.9 Å². The first-order chi connectivity index (χ1) is 15.9. The highest BCUT2D eigenvalue weighted by Crippen LogP contribution is 2.31. The van der Waals surface area contributed by atoms with Gasteiger partial charge in [0, 0.05) is 18.4 Å². The standard InChI is InChI=1S/C23H26F3N5O2/c1-2-33-20-18(22(32)30-17-5-3-16(4-6-17)23(24,25)26)13-28-21-19(20)29-14-31(21)12-9-15-7-10-27-11-8-15/h3-6,13-15,27H,2,7-12H2,1H3,(H,30,32). The largest absolute Gasteiger partial charge is 0.491 e. The molecule has 3 heterocycles. The van der Waals surface area contributed by atoms with Gasteiger partial charge in [-0.3, -0.25) is 4.79 Å². The number of hydrogen-bond acceptors (Lipinski definition) is 5. The van der Waals surface area contributed by atoms with Crippen molar-refractivity contribution in [3.05, 3.63) is 47.9 Å². The first-order valence-corrected chi connectivity index (χ1v) is 11.0. The van der Waals surface area contributed by atoms with E-state index < -0.39 is 17.6 Å². The fourth-order valence-corrected chi connectivity index (χ4v) is 4.03. The van der Waals surface area contributed by atoms with Crippen molar-refractivity contribution in [2.24, 2.45) is 5.92 Å². The number of rotatable bonds is 7. The van der Waals surface area contributed by atoms with Crippen molar-refractivity contribution in [1.29, 1.82) is 0 Å². The second kappa shape index (κ2) is 9.78. The number of alkyl halides is 3. The Balaban J connectivity index is 1.54. The zero-order chi connectivity index (χ0) is 23.4. The van der Waals surface area contributed by atoms with E-state index in [0.717, 1.165) is 51.0 Å². The third-order valence-electron chi connectivity index (χ3n) is 5.83. The highest BCUT2D eigenvalue weighted by molar-refractivity contribution is 6.08. The lowest BCUT2D eigenvalue weighted by atomic mass is 9.95. The summed E-state index contributed by atoms with van der Waals surface area (Å²) in [6, 6.07) is 4.26. The fourth-order valence-electron chi connectivity index (χ4n) is 4.03. The Bertz CT molecular complexity index is 1110. The number of benzene rings is 1. The van der Waals surface area contributed by atoms with E-state index in [-0.39, 0.29) is 11.3 Å². The van der Waals surface area contributed by atoms with Crippen molar-refractivity contribution in [3.63, 3.8) is 0 Å². The molecule has 176 valence electrons. The SMILES string of the molecule is CCOc1c(C(=O)Nc2ccc(C(F)(F)F)cc2)cnc2c1ncn2CCC1CCNCC1. The lowest BCUT2D eigenvalue weighted by Gasteiger charge is -2.22. The van der Waals surface area contributed by atoms with Crippen LogP contribution in [0, 0.1) is 5.92 Å². The van der Waals surface area contributed by atoms with E-state index in [1.54, 1.807) is 13.3 Å². The Morgan fingerprint density at radius 2 is 1.94 bits per heavy atom. The highest BCUT2D eigenvalue weighted by atomic mass is 19.4. The van der Waals surface area contributed by atoms with Crippen LogP contribution in [0.15, 0.2) is 36.8 Å². The number of carbonyl (C=O) groups is 1. The van der Waals surface area contributed by atoms with Crippen molar-refractivity contribution < 1.29 is 22.7 Å². The molecular weight excluding hydrogens is 435 g/mol. The molecule has 0 spiro atoms. The van der Waals surface area contributed by atoms with E-state index >= 15 is 0 Å². The van der Waals surface area contributed by atoms with Gasteiger partial charge in [0.25, 0.3) is 5.91 Å². The van der Waals surface area contributed by atoms with E-state index in [4.69, 9.17) is 4.74 Å². The maximum absolute atomic E-state index is 12.9. The zero-order valence-electron chi connectivity index (χ0n) is 18.3. The number of nitrogens with one attached hydrogen (secondary N) is 2. The van der Waals surface area contributed by atoms with E-state index in [0.29, 0.717) is 29.4 Å². The Morgan fingerprint density at radius 3 is 2.61 bits per heavy atom. The summed E-state index contributed by atoms with van der Waals surface area (Å²) in [5.41, 5.74) is 0.755. The van der Waals surface area contributed by atoms with E-state index in [1.807, 2.05) is 4.57 Å². The Hall–Kier alpha value is -3.14. The summed E-state index contributed by atoms with van der Waals surface area (Å²) in [7, 11) is 0. The number of hydrogen-bond donors (Lipinski definition) is 2. The average molecular weight is 461 g/mol. The van der Waals surface area contributed by atoms with Gasteiger partial charge in [-0.2, -0.15) is 13.2 Å². The minimum atomic E-state index is -4.44. The first kappa shape index (κ1) is 23.0. The maximum atomic E-state index is 12.9. The van der Waals surface area contributed by atoms with Crippen LogP contribution in [0.1, 0.15) is 42.1 Å². The van der Waals surface area contributed by atoms with Crippen LogP contribution < -0.4 is 15.4 Å². The molecular formula is C23H26F3N5O2. The zero-order valence-corrected chi connectivity index (χ0v) is 18.3. The molecule has 0 saturated carbocycles. The molecule has 1 aliphatic heterocycles. The molecule has 0 unspecified atom stereocenters. The summed E-state index contributed by atoms with van der Waals surface area (Å²) in [4.78, 5) is 21.8. The van der Waals surface area contributed by atoms with Gasteiger partial charge in [0.2, 0.25) is 0 Å². The van der Waals surface area contributed by atoms with Crippen molar-refractivity contribution >= 4 is 22.8 Å². The lowest BCUT2D eigenvalue weighted by Crippen LogP contribution is -2.28. The fraction of sp³-hybridized carbons (Fsp3) is 0.435. The number of pyridine rings is 1. The van der Waals surface area contributed by atoms with E-state index in [1.165, 1.54) is 18.3 Å². The Kier molecular flexibility index (Phi) is 6.83. The summed E-state index contributed by atoms with van der Waals surface area (Å²) in [5.74, 6) is 0.438. The molecule has 0 radical (unpaired) electrons. The molecule has 0 bridgehead atoms. The number of anilines is 1. The monoisotopic (exact) mass is 461 g/mol. The van der Waals surface area contributed by atoms with Crippen LogP contribution in [0.25, 0.3) is 11.2 Å². The van der Waals surface area contributed by atoms with Gasteiger partial charge in [-0.15, -0.1) is 0 Å². The molecule has 33 heavy (non-hydrogen) atoms. The molecule has 2 aromatic heterocycles. The molecule has 1 saturated heterocycles. The molecule has 1 aromatic carbocycles. The summed E-state index contributed by atoms with van der Waals surface area (Å²) >= 11 is 0. The van der Waals surface area contributed by atoms with Crippen molar-refractivity contribution in [2.45, 2.75) is 38.9 Å². The Labute approximate surface area is 189 Å². The van der Waals surface area contributed by atoms with Gasteiger partial charge < -0.3 is 19.9 Å². The second-order valence-electron chi connectivity index (χ2n) is 8.06. The number of halogens is 3. The number of aryl methyl sites for hydroxylation is 1. The van der Waals surface area contributed by atoms with E-state index in [2.05, 4.69) is 20.6 Å². The normalized spacial score (nSPS) is 15.0. The highest BCUT2D eigenvalue weighted by Gasteiger charge is 2.30. The van der Waals surface area contributed by atoms with Gasteiger partial charge in [0.15, 0.2) is 16.9 Å². The molecule has 0 aliphatic carbocycles. The van der Waals surface area contributed by atoms with E-state index in [9.17, 15) is 18.0 Å². The van der Waals surface area contributed by atoms with Crippen LogP contribution in [0.2, 0.25) is 0 Å². The van der Waals surface area contributed by atoms with Crippen LogP contribution in [0.3, 0.4) is 0 Å². The van der Waals surface area contributed by atoms with Crippen molar-refractivity contribution in [3.8, 4) is 5.75 Å². The quantitative estimate of drug-likeness (QED) is 0.542. The summed E-state index contributed by atoms with van der Waals surface area (Å²) in [6.45, 7) is 4.98. The topological polar surface area (TPSA) is 81.1 Å². The minimum absolute atomic E-state index is 0.174. The number of fused-ring (bicyclic) bond motifs is 1. The van der Waals surface area contributed by atoms with Gasteiger partial charge in [-0.1, -0.05) is 0 Å². The molecule has 2 N–H and O–H groups in total. The van der Waals surface area contributed by atoms with Crippen LogP contribution in [-0.2, 0) is 12.7 Å². The average Bonchev–Trinajstić information content (AvgIpc) is 3.22. The third-order valence-corrected chi connectivity index (χ3v) is 5.83. The third kappa shape index (κ3) is 5.27. The molecule has 1 amide bonds. The first-order valence-electron chi connectivity index (χ1n) is 11.0. The molecule has 10 heteroatoms. The van der Waals surface area contributed by atoms with Gasteiger partial charge in [-0.25, -0.2) is 9.97 Å². The molecule has 0 atom stereocenters. The predicted molar refractivity (Wildman–Crippen MR) is 118 cm³/mol. The second-order valence-corrected chi connectivity index (χ2v) is 8.06. The number of imidazole rings is 1. The number of nitrogens with zero attached hydrogens (tertiary/aromatic N) is 3. The van der Waals surface area contributed by atoms with Crippen LogP contribution in [-0.4, -0.2) is 40.1 Å². The number of piperidine rings is 1. The van der Waals surface area contributed by atoms with Crippen molar-refractivity contribution in [2.75, 3.05) is 25.0 Å². The van der Waals surface area contributed by atoms with Crippen LogP contribution in [0.5, 0.6) is 5.75 Å². The lowest BCUT2D eigenvalue weighted by molar-refractivity contribution is -0.137. The van der Waals surface area contributed by atoms with Gasteiger partial charge in [0.05, 0.1) is 18.5 Å². The smallest absolute Gasteiger partial charge is 0.416 e. The van der Waals surface area contributed by atoms with Gasteiger partial charge in [0.1, 0.15) is 5.56 Å². The molecule has 1 fully saturated rings. The molecule has 3 aromatic rings.